The van der Waals surface area contributed by atoms with E-state index in [1.807, 2.05) is 0 Å². The second-order valence-corrected chi connectivity index (χ2v) is 2.77. The minimum absolute atomic E-state index is 0.0749. The number of ether oxygens (including phenoxy) is 1. The Hall–Kier alpha value is -1.85. The second kappa shape index (κ2) is 5.14. The number of hydrogen-bond donors (Lipinski definition) is 1. The van der Waals surface area contributed by atoms with E-state index in [0.717, 1.165) is 0 Å². The van der Waals surface area contributed by atoms with Gasteiger partial charge < -0.3 is 14.5 Å². The summed E-state index contributed by atoms with van der Waals surface area (Å²) in [6, 6.07) is 0. The van der Waals surface area contributed by atoms with Crippen molar-refractivity contribution in [3.8, 4) is 0 Å². The van der Waals surface area contributed by atoms with E-state index >= 15 is 0 Å². The van der Waals surface area contributed by atoms with Crippen LogP contribution >= 0.6 is 0 Å². The smallest absolute Gasteiger partial charge is 0.396 e. The van der Waals surface area contributed by atoms with Gasteiger partial charge >= 0.3 is 11.9 Å². The number of aromatic nitrogens is 1. The summed E-state index contributed by atoms with van der Waals surface area (Å²) in [5, 5.41) is 2.33. The Morgan fingerprint density at radius 2 is 2.33 bits per heavy atom. The highest BCUT2D eigenvalue weighted by atomic mass is 16.5. The van der Waals surface area contributed by atoms with Gasteiger partial charge in [0.15, 0.2) is 0 Å². The molecule has 0 aromatic carbocycles. The summed E-state index contributed by atoms with van der Waals surface area (Å²) < 4.78 is 9.59. The lowest BCUT2D eigenvalue weighted by molar-refractivity contribution is -0.154. The van der Waals surface area contributed by atoms with E-state index < -0.39 is 11.9 Å². The molecular weight excluding hydrogens is 200 g/mol. The number of nitrogens with zero attached hydrogens (tertiary/aromatic N) is 1. The first-order chi connectivity index (χ1) is 7.13. The van der Waals surface area contributed by atoms with Crippen LogP contribution in [0.2, 0.25) is 0 Å². The van der Waals surface area contributed by atoms with Gasteiger partial charge in [0.25, 0.3) is 0 Å². The molecule has 0 aliphatic carbocycles. The number of carbonyl (C=O) groups is 2. The predicted octanol–water partition coefficient (Wildman–Crippen LogP) is 0.162. The van der Waals surface area contributed by atoms with Crippen LogP contribution < -0.4 is 5.32 Å². The van der Waals surface area contributed by atoms with Crippen molar-refractivity contribution >= 4 is 11.9 Å². The van der Waals surface area contributed by atoms with Gasteiger partial charge in [0.05, 0.1) is 19.3 Å². The highest BCUT2D eigenvalue weighted by Crippen LogP contribution is 2.00. The van der Waals surface area contributed by atoms with Crippen LogP contribution in [0.5, 0.6) is 0 Å². The third-order valence-corrected chi connectivity index (χ3v) is 1.53. The monoisotopic (exact) mass is 212 g/mol. The fourth-order valence-electron chi connectivity index (χ4n) is 0.908. The first kappa shape index (κ1) is 11.2. The molecule has 0 bridgehead atoms. The van der Waals surface area contributed by atoms with Gasteiger partial charge in [-0.05, 0) is 13.8 Å². The van der Waals surface area contributed by atoms with Crippen LogP contribution in [-0.4, -0.2) is 23.5 Å². The van der Waals surface area contributed by atoms with Gasteiger partial charge in [0.1, 0.15) is 5.76 Å². The maximum absolute atomic E-state index is 11.1. The quantitative estimate of drug-likeness (QED) is 0.570. The van der Waals surface area contributed by atoms with Crippen molar-refractivity contribution in [2.24, 2.45) is 0 Å². The minimum atomic E-state index is -0.902. The number of carbonyl (C=O) groups excluding carboxylic acids is 2. The lowest BCUT2D eigenvalue weighted by Gasteiger charge is -2.01. The van der Waals surface area contributed by atoms with Gasteiger partial charge in [-0.25, -0.2) is 9.78 Å². The van der Waals surface area contributed by atoms with Crippen LogP contribution in [-0.2, 0) is 20.9 Å². The van der Waals surface area contributed by atoms with Crippen LogP contribution in [0.1, 0.15) is 18.6 Å². The molecular formula is C9H12N2O4. The molecule has 0 saturated carbocycles. The van der Waals surface area contributed by atoms with Crippen molar-refractivity contribution in [3.63, 3.8) is 0 Å². The van der Waals surface area contributed by atoms with E-state index in [0.29, 0.717) is 11.7 Å². The number of oxazole rings is 1. The Labute approximate surface area is 86.6 Å². The molecule has 15 heavy (non-hydrogen) atoms. The van der Waals surface area contributed by atoms with Gasteiger partial charge in [-0.15, -0.1) is 0 Å². The van der Waals surface area contributed by atoms with Crippen molar-refractivity contribution in [1.29, 1.82) is 0 Å². The first-order valence-electron chi connectivity index (χ1n) is 4.49. The number of hydrogen-bond acceptors (Lipinski definition) is 5. The van der Waals surface area contributed by atoms with Gasteiger partial charge in [-0.1, -0.05) is 0 Å². The fraction of sp³-hybridized carbons (Fsp3) is 0.444. The standard InChI is InChI=1S/C9H12N2O4/c1-3-14-9(13)8(12)11-5-7-10-4-6(2)15-7/h4H,3,5H2,1-2H3,(H,11,12). The highest BCUT2D eigenvalue weighted by Gasteiger charge is 2.14. The van der Waals surface area contributed by atoms with E-state index in [9.17, 15) is 9.59 Å². The molecule has 1 aromatic rings. The van der Waals surface area contributed by atoms with Gasteiger partial charge in [-0.2, -0.15) is 0 Å². The predicted molar refractivity (Wildman–Crippen MR) is 49.7 cm³/mol. The fourth-order valence-corrected chi connectivity index (χ4v) is 0.908. The molecule has 1 heterocycles. The summed E-state index contributed by atoms with van der Waals surface area (Å²) in [6.07, 6.45) is 1.53. The molecule has 1 rings (SSSR count). The summed E-state index contributed by atoms with van der Waals surface area (Å²) >= 11 is 0. The van der Waals surface area contributed by atoms with Crippen molar-refractivity contribution in [1.82, 2.24) is 10.3 Å². The van der Waals surface area contributed by atoms with E-state index in [1.165, 1.54) is 6.20 Å². The molecule has 1 N–H and O–H groups in total. The average molecular weight is 212 g/mol. The zero-order valence-corrected chi connectivity index (χ0v) is 8.57. The molecule has 1 aromatic heterocycles. The number of nitrogens with one attached hydrogen (secondary N) is 1. The van der Waals surface area contributed by atoms with Crippen LogP contribution in [0.3, 0.4) is 0 Å². The summed E-state index contributed by atoms with van der Waals surface area (Å²) in [7, 11) is 0. The third kappa shape index (κ3) is 3.41. The van der Waals surface area contributed by atoms with E-state index in [1.54, 1.807) is 13.8 Å². The Kier molecular flexibility index (Phi) is 3.84. The second-order valence-electron chi connectivity index (χ2n) is 2.77. The Morgan fingerprint density at radius 3 is 2.87 bits per heavy atom. The highest BCUT2D eigenvalue weighted by molar-refractivity contribution is 6.32. The molecule has 6 nitrogen and oxygen atoms in total. The molecule has 82 valence electrons. The largest absolute Gasteiger partial charge is 0.459 e. The van der Waals surface area contributed by atoms with Crippen molar-refractivity contribution in [3.05, 3.63) is 17.8 Å². The van der Waals surface area contributed by atoms with Crippen molar-refractivity contribution < 1.29 is 18.7 Å². The van der Waals surface area contributed by atoms with Crippen LogP contribution in [0.4, 0.5) is 0 Å². The molecule has 0 saturated heterocycles. The van der Waals surface area contributed by atoms with Crippen LogP contribution in [0, 0.1) is 6.92 Å². The topological polar surface area (TPSA) is 81.4 Å². The van der Waals surface area contributed by atoms with Crippen molar-refractivity contribution in [2.75, 3.05) is 6.61 Å². The van der Waals surface area contributed by atoms with Gasteiger partial charge in [-0.3, -0.25) is 4.79 Å². The molecule has 0 spiro atoms. The maximum Gasteiger partial charge on any atom is 0.396 e. The molecule has 1 amide bonds. The number of rotatable bonds is 3. The molecule has 0 fully saturated rings. The van der Waals surface area contributed by atoms with E-state index in [2.05, 4.69) is 15.0 Å². The zero-order chi connectivity index (χ0) is 11.3. The Morgan fingerprint density at radius 1 is 1.60 bits per heavy atom. The lowest BCUT2D eigenvalue weighted by atomic mass is 10.5. The van der Waals surface area contributed by atoms with Gasteiger partial charge in [0.2, 0.25) is 5.89 Å². The van der Waals surface area contributed by atoms with Crippen molar-refractivity contribution in [2.45, 2.75) is 20.4 Å². The van der Waals surface area contributed by atoms with Crippen LogP contribution in [0.25, 0.3) is 0 Å². The first-order valence-corrected chi connectivity index (χ1v) is 4.49. The molecule has 0 atom stereocenters. The number of amides is 1. The Balaban J connectivity index is 2.37. The SMILES string of the molecule is CCOC(=O)C(=O)NCc1ncc(C)o1. The molecule has 0 aliphatic rings. The third-order valence-electron chi connectivity index (χ3n) is 1.53. The normalized spacial score (nSPS) is 9.73. The zero-order valence-electron chi connectivity index (χ0n) is 8.57. The Bertz CT molecular complexity index is 359. The maximum atomic E-state index is 11.1. The summed E-state index contributed by atoms with van der Waals surface area (Å²) in [5.41, 5.74) is 0. The molecule has 6 heteroatoms. The molecule has 0 radical (unpaired) electrons. The number of aryl methyl sites for hydroxylation is 1. The summed E-state index contributed by atoms with van der Waals surface area (Å²) in [4.78, 5) is 25.8. The lowest BCUT2D eigenvalue weighted by Crippen LogP contribution is -2.32. The molecule has 0 aliphatic heterocycles. The number of esters is 1. The minimum Gasteiger partial charge on any atom is -0.459 e. The van der Waals surface area contributed by atoms with Crippen LogP contribution in [0.15, 0.2) is 10.6 Å². The van der Waals surface area contributed by atoms with E-state index in [-0.39, 0.29) is 13.2 Å². The molecule has 0 unspecified atom stereocenters. The summed E-state index contributed by atoms with van der Waals surface area (Å²) in [5.74, 6) is -0.700. The summed E-state index contributed by atoms with van der Waals surface area (Å²) in [6.45, 7) is 3.61. The van der Waals surface area contributed by atoms with Gasteiger partial charge in [0, 0.05) is 0 Å². The van der Waals surface area contributed by atoms with E-state index in [4.69, 9.17) is 4.42 Å². The average Bonchev–Trinajstić information content (AvgIpc) is 2.61.